The number of nitrogens with one attached hydrogen (secondary N) is 1. The Balaban J connectivity index is 1.74. The molecule has 5 nitrogen and oxygen atoms in total. The standard InChI is InChI=1S/C20H22Cl2N2O3S/c1-13(15-7-6-14-4-3-5-16(14)10-15)23-20(25)12-24(28(2,26)27)17-8-9-18(21)19(22)11-17/h6-11,13H,3-5,12H2,1-2H3,(H,23,25). The predicted molar refractivity (Wildman–Crippen MR) is 114 cm³/mol. The van der Waals surface area contributed by atoms with Crippen LogP contribution in [0.2, 0.25) is 10.0 Å². The van der Waals surface area contributed by atoms with Crippen LogP contribution in [0.5, 0.6) is 0 Å². The van der Waals surface area contributed by atoms with E-state index in [2.05, 4.69) is 17.4 Å². The number of benzene rings is 2. The van der Waals surface area contributed by atoms with Gasteiger partial charge >= 0.3 is 0 Å². The first-order valence-electron chi connectivity index (χ1n) is 8.99. The van der Waals surface area contributed by atoms with E-state index in [0.717, 1.165) is 35.4 Å². The van der Waals surface area contributed by atoms with Crippen molar-refractivity contribution in [2.75, 3.05) is 17.1 Å². The summed E-state index contributed by atoms with van der Waals surface area (Å²) in [6.45, 7) is 1.55. The van der Waals surface area contributed by atoms with Crippen LogP contribution < -0.4 is 9.62 Å². The Hall–Kier alpha value is -1.76. The molecule has 0 radical (unpaired) electrons. The maximum absolute atomic E-state index is 12.6. The van der Waals surface area contributed by atoms with E-state index >= 15 is 0 Å². The molecule has 0 bridgehead atoms. The lowest BCUT2D eigenvalue weighted by Gasteiger charge is -2.23. The summed E-state index contributed by atoms with van der Waals surface area (Å²) in [4.78, 5) is 12.6. The summed E-state index contributed by atoms with van der Waals surface area (Å²) in [6, 6.07) is 10.5. The number of nitrogens with zero attached hydrogens (tertiary/aromatic N) is 1. The summed E-state index contributed by atoms with van der Waals surface area (Å²) in [5, 5.41) is 3.42. The van der Waals surface area contributed by atoms with Crippen LogP contribution in [0, 0.1) is 0 Å². The van der Waals surface area contributed by atoms with Crippen molar-refractivity contribution < 1.29 is 13.2 Å². The van der Waals surface area contributed by atoms with Crippen LogP contribution in [0.25, 0.3) is 0 Å². The van der Waals surface area contributed by atoms with Gasteiger partial charge in [0, 0.05) is 0 Å². The van der Waals surface area contributed by atoms with E-state index in [1.807, 2.05) is 13.0 Å². The largest absolute Gasteiger partial charge is 0.348 e. The molecule has 0 heterocycles. The van der Waals surface area contributed by atoms with Gasteiger partial charge < -0.3 is 5.32 Å². The zero-order valence-electron chi connectivity index (χ0n) is 15.7. The van der Waals surface area contributed by atoms with Crippen LogP contribution in [-0.2, 0) is 27.7 Å². The Morgan fingerprint density at radius 2 is 1.82 bits per heavy atom. The fraction of sp³-hybridized carbons (Fsp3) is 0.350. The van der Waals surface area contributed by atoms with Gasteiger partial charge in [0.05, 0.1) is 28.0 Å². The first kappa shape index (κ1) is 21.0. The van der Waals surface area contributed by atoms with E-state index in [-0.39, 0.29) is 23.3 Å². The number of hydrogen-bond donors (Lipinski definition) is 1. The van der Waals surface area contributed by atoms with Gasteiger partial charge in [0.15, 0.2) is 0 Å². The van der Waals surface area contributed by atoms with Crippen molar-refractivity contribution in [1.82, 2.24) is 5.32 Å². The number of carbonyl (C=O) groups is 1. The van der Waals surface area contributed by atoms with Crippen molar-refractivity contribution in [1.29, 1.82) is 0 Å². The van der Waals surface area contributed by atoms with E-state index in [1.54, 1.807) is 0 Å². The molecular weight excluding hydrogens is 419 g/mol. The Morgan fingerprint density at radius 1 is 1.11 bits per heavy atom. The van der Waals surface area contributed by atoms with Crippen LogP contribution in [0.3, 0.4) is 0 Å². The number of fused-ring (bicyclic) bond motifs is 1. The lowest BCUT2D eigenvalue weighted by Crippen LogP contribution is -2.41. The molecule has 0 aromatic heterocycles. The summed E-state index contributed by atoms with van der Waals surface area (Å²) in [6.07, 6.45) is 4.37. The van der Waals surface area contributed by atoms with Crippen molar-refractivity contribution in [3.05, 3.63) is 63.1 Å². The molecule has 0 spiro atoms. The molecule has 1 aliphatic rings. The quantitative estimate of drug-likeness (QED) is 0.733. The monoisotopic (exact) mass is 440 g/mol. The van der Waals surface area contributed by atoms with Crippen LogP contribution in [0.4, 0.5) is 5.69 Å². The lowest BCUT2D eigenvalue weighted by molar-refractivity contribution is -0.120. The van der Waals surface area contributed by atoms with Gasteiger partial charge in [-0.25, -0.2) is 8.42 Å². The molecule has 1 aliphatic carbocycles. The lowest BCUT2D eigenvalue weighted by atomic mass is 10.0. The van der Waals surface area contributed by atoms with Gasteiger partial charge in [0.2, 0.25) is 15.9 Å². The van der Waals surface area contributed by atoms with Crippen LogP contribution in [-0.4, -0.2) is 27.1 Å². The highest BCUT2D eigenvalue weighted by Crippen LogP contribution is 2.29. The Morgan fingerprint density at radius 3 is 2.50 bits per heavy atom. The minimum absolute atomic E-state index is 0.222. The summed E-state index contributed by atoms with van der Waals surface area (Å²) in [5.41, 5.74) is 3.99. The fourth-order valence-corrected chi connectivity index (χ4v) is 4.54. The summed E-state index contributed by atoms with van der Waals surface area (Å²) in [5.74, 6) is -0.399. The molecule has 0 aliphatic heterocycles. The molecule has 150 valence electrons. The minimum Gasteiger partial charge on any atom is -0.348 e. The number of aryl methyl sites for hydroxylation is 2. The number of carbonyl (C=O) groups excluding carboxylic acids is 1. The number of hydrogen-bond acceptors (Lipinski definition) is 3. The topological polar surface area (TPSA) is 66.5 Å². The Kier molecular flexibility index (Phi) is 6.22. The molecule has 2 aromatic rings. The molecule has 28 heavy (non-hydrogen) atoms. The number of sulfonamides is 1. The molecule has 8 heteroatoms. The Bertz CT molecular complexity index is 1010. The van der Waals surface area contributed by atoms with E-state index < -0.39 is 15.9 Å². The zero-order valence-corrected chi connectivity index (χ0v) is 18.0. The van der Waals surface area contributed by atoms with Gasteiger partial charge in [-0.2, -0.15) is 0 Å². The minimum atomic E-state index is -3.68. The molecule has 0 saturated carbocycles. The van der Waals surface area contributed by atoms with E-state index in [0.29, 0.717) is 5.02 Å². The molecular formula is C20H22Cl2N2O3S. The smallest absolute Gasteiger partial charge is 0.241 e. The average Bonchev–Trinajstić information content (AvgIpc) is 3.09. The molecule has 2 aromatic carbocycles. The van der Waals surface area contributed by atoms with Gasteiger partial charge in [-0.15, -0.1) is 0 Å². The van der Waals surface area contributed by atoms with Crippen molar-refractivity contribution in [2.24, 2.45) is 0 Å². The molecule has 0 fully saturated rings. The van der Waals surface area contributed by atoms with Crippen molar-refractivity contribution >= 4 is 44.8 Å². The van der Waals surface area contributed by atoms with Gasteiger partial charge in [0.1, 0.15) is 6.54 Å². The highest BCUT2D eigenvalue weighted by Gasteiger charge is 2.23. The maximum Gasteiger partial charge on any atom is 0.241 e. The summed E-state index contributed by atoms with van der Waals surface area (Å²) < 4.78 is 25.4. The second-order valence-electron chi connectivity index (χ2n) is 7.04. The molecule has 0 saturated heterocycles. The van der Waals surface area contributed by atoms with Gasteiger partial charge in [0.25, 0.3) is 0 Å². The number of halogens is 2. The van der Waals surface area contributed by atoms with Crippen LogP contribution >= 0.6 is 23.2 Å². The third-order valence-electron chi connectivity index (χ3n) is 4.88. The molecule has 1 atom stereocenters. The zero-order chi connectivity index (χ0) is 20.5. The van der Waals surface area contributed by atoms with Gasteiger partial charge in [-0.1, -0.05) is 41.4 Å². The first-order chi connectivity index (χ1) is 13.1. The number of amides is 1. The van der Waals surface area contributed by atoms with Crippen molar-refractivity contribution in [3.8, 4) is 0 Å². The second-order valence-corrected chi connectivity index (χ2v) is 9.76. The highest BCUT2D eigenvalue weighted by molar-refractivity contribution is 7.92. The normalized spacial score (nSPS) is 14.4. The summed E-state index contributed by atoms with van der Waals surface area (Å²) in [7, 11) is -3.68. The number of rotatable bonds is 6. The third kappa shape index (κ3) is 4.80. The van der Waals surface area contributed by atoms with E-state index in [4.69, 9.17) is 23.2 Å². The highest BCUT2D eigenvalue weighted by atomic mass is 35.5. The third-order valence-corrected chi connectivity index (χ3v) is 6.76. The number of anilines is 1. The summed E-state index contributed by atoms with van der Waals surface area (Å²) >= 11 is 11.9. The van der Waals surface area contributed by atoms with E-state index in [9.17, 15) is 13.2 Å². The predicted octanol–water partition coefficient (Wildman–Crippen LogP) is 4.13. The van der Waals surface area contributed by atoms with Crippen molar-refractivity contribution in [2.45, 2.75) is 32.2 Å². The molecule has 1 amide bonds. The van der Waals surface area contributed by atoms with Crippen LogP contribution in [0.15, 0.2) is 36.4 Å². The fourth-order valence-electron chi connectivity index (χ4n) is 3.40. The molecule has 1 unspecified atom stereocenters. The van der Waals surface area contributed by atoms with Crippen LogP contribution in [0.1, 0.15) is 36.1 Å². The van der Waals surface area contributed by atoms with Gasteiger partial charge in [-0.3, -0.25) is 9.10 Å². The maximum atomic E-state index is 12.6. The molecule has 1 N–H and O–H groups in total. The average molecular weight is 441 g/mol. The van der Waals surface area contributed by atoms with Crippen molar-refractivity contribution in [3.63, 3.8) is 0 Å². The van der Waals surface area contributed by atoms with Gasteiger partial charge in [-0.05, 0) is 61.1 Å². The van der Waals surface area contributed by atoms with E-state index in [1.165, 1.54) is 29.3 Å². The second kappa shape index (κ2) is 8.31. The first-order valence-corrected chi connectivity index (χ1v) is 11.6. The molecule has 3 rings (SSSR count). The SMILES string of the molecule is CC(NC(=O)CN(c1ccc(Cl)c(Cl)c1)S(C)(=O)=O)c1ccc2c(c1)CCC2. The Labute approximate surface area is 175 Å².